The van der Waals surface area contributed by atoms with E-state index in [0.717, 1.165) is 0 Å². The Morgan fingerprint density at radius 3 is 2.53 bits per heavy atom. The van der Waals surface area contributed by atoms with Crippen LogP contribution in [0.2, 0.25) is 0 Å². The van der Waals surface area contributed by atoms with Crippen molar-refractivity contribution in [2.24, 2.45) is 0 Å². The van der Waals surface area contributed by atoms with Crippen molar-refractivity contribution >= 4 is 16.8 Å². The Labute approximate surface area is 170 Å². The van der Waals surface area contributed by atoms with Gasteiger partial charge in [0.15, 0.2) is 0 Å². The fourth-order valence-corrected chi connectivity index (χ4v) is 3.02. The molecular formula is C20H19N7O3. The molecule has 0 atom stereocenters. The van der Waals surface area contributed by atoms with Crippen LogP contribution < -0.4 is 16.6 Å². The monoisotopic (exact) mass is 405 g/mol. The average Bonchev–Trinajstić information content (AvgIpc) is 3.14. The van der Waals surface area contributed by atoms with Crippen molar-refractivity contribution in [2.75, 3.05) is 6.54 Å². The summed E-state index contributed by atoms with van der Waals surface area (Å²) in [5.74, 6) is -0.237. The largest absolute Gasteiger partial charge is 0.368 e. The van der Waals surface area contributed by atoms with E-state index in [2.05, 4.69) is 20.7 Å². The quantitative estimate of drug-likeness (QED) is 0.474. The molecule has 0 saturated carbocycles. The van der Waals surface area contributed by atoms with Crippen LogP contribution in [0, 0.1) is 0 Å². The number of aromatic nitrogens is 6. The van der Waals surface area contributed by atoms with Crippen LogP contribution in [0.25, 0.3) is 16.6 Å². The third-order valence-electron chi connectivity index (χ3n) is 4.60. The molecule has 0 saturated heterocycles. The van der Waals surface area contributed by atoms with E-state index in [-0.39, 0.29) is 43.2 Å². The number of carbonyl (C=O) groups excluding carboxylic acids is 1. The maximum atomic E-state index is 12.4. The highest BCUT2D eigenvalue weighted by atomic mass is 16.2. The summed E-state index contributed by atoms with van der Waals surface area (Å²) >= 11 is 0. The van der Waals surface area contributed by atoms with Crippen LogP contribution >= 0.6 is 0 Å². The van der Waals surface area contributed by atoms with E-state index in [1.54, 1.807) is 42.5 Å². The molecular weight excluding hydrogens is 386 g/mol. The zero-order chi connectivity index (χ0) is 20.9. The predicted molar refractivity (Wildman–Crippen MR) is 109 cm³/mol. The molecule has 0 unspecified atom stereocenters. The molecule has 1 amide bonds. The highest BCUT2D eigenvalue weighted by Crippen LogP contribution is 2.05. The van der Waals surface area contributed by atoms with Gasteiger partial charge < -0.3 is 5.32 Å². The number of nitrogens with one attached hydrogen (secondary N) is 1. The molecule has 1 N–H and O–H groups in total. The second kappa shape index (κ2) is 8.52. The number of amides is 1. The van der Waals surface area contributed by atoms with Crippen LogP contribution in [-0.2, 0) is 17.9 Å². The summed E-state index contributed by atoms with van der Waals surface area (Å²) in [4.78, 5) is 41.1. The van der Waals surface area contributed by atoms with E-state index >= 15 is 0 Å². The van der Waals surface area contributed by atoms with Gasteiger partial charge in [-0.05, 0) is 34.7 Å². The fourth-order valence-electron chi connectivity index (χ4n) is 3.02. The highest BCUT2D eigenvalue weighted by Gasteiger charge is 2.10. The van der Waals surface area contributed by atoms with E-state index in [1.807, 2.05) is 12.1 Å². The Hall–Kier alpha value is -4.08. The Bertz CT molecular complexity index is 1290. The summed E-state index contributed by atoms with van der Waals surface area (Å²) in [6.45, 7) is 0.624. The number of tetrazole rings is 1. The van der Waals surface area contributed by atoms with E-state index < -0.39 is 0 Å². The topological polar surface area (TPSA) is 117 Å². The first-order valence-electron chi connectivity index (χ1n) is 9.42. The number of para-hydroxylation sites is 2. The van der Waals surface area contributed by atoms with Gasteiger partial charge in [0, 0.05) is 19.5 Å². The Morgan fingerprint density at radius 2 is 1.70 bits per heavy atom. The van der Waals surface area contributed by atoms with Crippen molar-refractivity contribution < 1.29 is 4.79 Å². The lowest BCUT2D eigenvalue weighted by molar-refractivity contribution is -0.121. The summed E-state index contributed by atoms with van der Waals surface area (Å²) in [6.07, 6.45) is 1.56. The molecule has 0 fully saturated rings. The van der Waals surface area contributed by atoms with Gasteiger partial charge in [0.1, 0.15) is 0 Å². The van der Waals surface area contributed by atoms with Gasteiger partial charge in [0.05, 0.1) is 29.5 Å². The molecule has 0 spiro atoms. The van der Waals surface area contributed by atoms with Gasteiger partial charge in [-0.25, -0.2) is 9.78 Å². The number of rotatable bonds is 7. The van der Waals surface area contributed by atoms with Gasteiger partial charge in [-0.3, -0.25) is 14.2 Å². The number of aryl methyl sites for hydroxylation is 1. The van der Waals surface area contributed by atoms with Crippen molar-refractivity contribution in [1.82, 2.24) is 34.7 Å². The van der Waals surface area contributed by atoms with Gasteiger partial charge in [-0.15, -0.1) is 0 Å². The zero-order valence-electron chi connectivity index (χ0n) is 16.0. The standard InChI is InChI=1S/C20H19N7O3/c28-18(10-12-25-14-22-17-9-5-4-8-16(17)19(25)29)21-11-13-26-20(30)27(24-23-26)15-6-2-1-3-7-15/h1-9,14H,10-13H2,(H,21,28). The molecule has 2 heterocycles. The van der Waals surface area contributed by atoms with Crippen LogP contribution in [0.1, 0.15) is 6.42 Å². The number of fused-ring (bicyclic) bond motifs is 1. The van der Waals surface area contributed by atoms with Crippen LogP contribution in [0.3, 0.4) is 0 Å². The minimum atomic E-state index is -0.385. The molecule has 10 heteroatoms. The van der Waals surface area contributed by atoms with Crippen LogP contribution in [0.15, 0.2) is 70.5 Å². The Kier molecular flexibility index (Phi) is 5.46. The van der Waals surface area contributed by atoms with Crippen molar-refractivity contribution in [3.05, 3.63) is 81.8 Å². The van der Waals surface area contributed by atoms with Gasteiger partial charge in [-0.2, -0.15) is 9.36 Å². The molecule has 0 aliphatic heterocycles. The molecule has 30 heavy (non-hydrogen) atoms. The molecule has 4 rings (SSSR count). The first kappa shape index (κ1) is 19.2. The molecule has 2 aromatic carbocycles. The van der Waals surface area contributed by atoms with Gasteiger partial charge >= 0.3 is 5.69 Å². The van der Waals surface area contributed by atoms with Crippen molar-refractivity contribution in [3.8, 4) is 5.69 Å². The third kappa shape index (κ3) is 4.02. The number of hydrogen-bond acceptors (Lipinski definition) is 6. The van der Waals surface area contributed by atoms with E-state index in [0.29, 0.717) is 16.6 Å². The predicted octanol–water partition coefficient (Wildman–Crippen LogP) is 0.345. The van der Waals surface area contributed by atoms with Crippen LogP contribution in [0.5, 0.6) is 0 Å². The lowest BCUT2D eigenvalue weighted by atomic mass is 10.2. The molecule has 4 aromatic rings. The smallest absolute Gasteiger partial charge is 0.354 e. The summed E-state index contributed by atoms with van der Waals surface area (Å²) in [5.41, 5.74) is 0.672. The molecule has 152 valence electrons. The highest BCUT2D eigenvalue weighted by molar-refractivity contribution is 5.77. The van der Waals surface area contributed by atoms with E-state index in [4.69, 9.17) is 0 Å². The van der Waals surface area contributed by atoms with E-state index in [9.17, 15) is 14.4 Å². The average molecular weight is 405 g/mol. The second-order valence-corrected chi connectivity index (χ2v) is 6.59. The maximum Gasteiger partial charge on any atom is 0.368 e. The van der Waals surface area contributed by atoms with E-state index in [1.165, 1.54) is 20.3 Å². The molecule has 10 nitrogen and oxygen atoms in total. The summed E-state index contributed by atoms with van der Waals surface area (Å²) in [7, 11) is 0. The molecule has 0 bridgehead atoms. The lowest BCUT2D eigenvalue weighted by Crippen LogP contribution is -2.33. The lowest BCUT2D eigenvalue weighted by Gasteiger charge is -2.07. The maximum absolute atomic E-state index is 12.4. The fraction of sp³-hybridized carbons (Fsp3) is 0.200. The molecule has 0 aliphatic carbocycles. The molecule has 0 radical (unpaired) electrons. The zero-order valence-corrected chi connectivity index (χ0v) is 16.0. The van der Waals surface area contributed by atoms with Gasteiger partial charge in [0.25, 0.3) is 5.56 Å². The van der Waals surface area contributed by atoms with Crippen LogP contribution in [-0.4, -0.2) is 41.8 Å². The molecule has 2 aromatic heterocycles. The van der Waals surface area contributed by atoms with Crippen molar-refractivity contribution in [2.45, 2.75) is 19.5 Å². The molecule has 0 aliphatic rings. The summed E-state index contributed by atoms with van der Waals surface area (Å²) < 4.78 is 3.80. The minimum Gasteiger partial charge on any atom is -0.354 e. The normalized spacial score (nSPS) is 10.9. The number of benzene rings is 2. The summed E-state index contributed by atoms with van der Waals surface area (Å²) in [5, 5.41) is 10.9. The number of hydrogen-bond donors (Lipinski definition) is 1. The Balaban J connectivity index is 1.31. The first-order chi connectivity index (χ1) is 14.6. The summed E-state index contributed by atoms with van der Waals surface area (Å²) in [6, 6.07) is 16.0. The minimum absolute atomic E-state index is 0.117. The third-order valence-corrected chi connectivity index (χ3v) is 4.60. The number of carbonyl (C=O) groups is 1. The Morgan fingerprint density at radius 1 is 0.933 bits per heavy atom. The van der Waals surface area contributed by atoms with Crippen LogP contribution in [0.4, 0.5) is 0 Å². The van der Waals surface area contributed by atoms with Crippen molar-refractivity contribution in [1.29, 1.82) is 0 Å². The first-order valence-corrected chi connectivity index (χ1v) is 9.42. The van der Waals surface area contributed by atoms with Gasteiger partial charge in [0.2, 0.25) is 5.91 Å². The van der Waals surface area contributed by atoms with Crippen molar-refractivity contribution in [3.63, 3.8) is 0 Å². The second-order valence-electron chi connectivity index (χ2n) is 6.59. The SMILES string of the molecule is O=C(CCn1cnc2ccccc2c1=O)NCCn1nnn(-c2ccccc2)c1=O. The van der Waals surface area contributed by atoms with Gasteiger partial charge in [-0.1, -0.05) is 30.3 Å². The number of nitrogens with zero attached hydrogens (tertiary/aromatic N) is 6.